The zero-order chi connectivity index (χ0) is 14.8. The molecule has 0 saturated carbocycles. The van der Waals surface area contributed by atoms with E-state index in [4.69, 9.17) is 20.1 Å². The molecule has 0 unspecified atom stereocenters. The van der Waals surface area contributed by atoms with Gasteiger partial charge in [0.2, 0.25) is 0 Å². The molecule has 0 aliphatic carbocycles. The number of carbonyl (C=O) groups excluding carboxylic acids is 1. The number of carbonyl (C=O) groups is 1. The fourth-order valence-electron chi connectivity index (χ4n) is 1.45. The SMILES string of the molecule is CC(C)OCCOCCOc1ccc(C(=O)NN)cc1. The quantitative estimate of drug-likeness (QED) is 0.307. The highest BCUT2D eigenvalue weighted by molar-refractivity contribution is 5.93. The first-order chi connectivity index (χ1) is 9.63. The van der Waals surface area contributed by atoms with Crippen molar-refractivity contribution in [1.29, 1.82) is 0 Å². The minimum Gasteiger partial charge on any atom is -0.491 e. The molecule has 0 radical (unpaired) electrons. The normalized spacial score (nSPS) is 10.6. The molecule has 0 bridgehead atoms. The van der Waals surface area contributed by atoms with Crippen molar-refractivity contribution in [3.8, 4) is 5.75 Å². The highest BCUT2D eigenvalue weighted by Gasteiger charge is 2.02. The summed E-state index contributed by atoms with van der Waals surface area (Å²) in [6.45, 7) is 6.05. The molecule has 1 rings (SSSR count). The Morgan fingerprint density at radius 3 is 2.40 bits per heavy atom. The maximum absolute atomic E-state index is 11.2. The van der Waals surface area contributed by atoms with Crippen LogP contribution >= 0.6 is 0 Å². The van der Waals surface area contributed by atoms with Crippen molar-refractivity contribution in [2.24, 2.45) is 5.84 Å². The molecule has 0 saturated heterocycles. The minimum atomic E-state index is -0.329. The molecule has 6 nitrogen and oxygen atoms in total. The number of nitrogen functional groups attached to an aromatic ring is 1. The summed E-state index contributed by atoms with van der Waals surface area (Å²) < 4.78 is 16.2. The van der Waals surface area contributed by atoms with Gasteiger partial charge in [0.15, 0.2) is 0 Å². The second-order valence-corrected chi connectivity index (χ2v) is 4.38. The first kappa shape index (κ1) is 16.4. The number of nitrogens with two attached hydrogens (primary N) is 1. The third-order valence-electron chi connectivity index (χ3n) is 2.42. The molecule has 1 aromatic rings. The highest BCUT2D eigenvalue weighted by atomic mass is 16.5. The first-order valence-electron chi connectivity index (χ1n) is 6.56. The molecular weight excluding hydrogens is 260 g/mol. The summed E-state index contributed by atoms with van der Waals surface area (Å²) in [5, 5.41) is 0. The molecule has 0 aliphatic heterocycles. The maximum atomic E-state index is 11.2. The van der Waals surface area contributed by atoms with Crippen molar-refractivity contribution in [1.82, 2.24) is 5.43 Å². The monoisotopic (exact) mass is 282 g/mol. The summed E-state index contributed by atoms with van der Waals surface area (Å²) >= 11 is 0. The second-order valence-electron chi connectivity index (χ2n) is 4.38. The van der Waals surface area contributed by atoms with E-state index < -0.39 is 0 Å². The zero-order valence-corrected chi connectivity index (χ0v) is 11.9. The van der Waals surface area contributed by atoms with Gasteiger partial charge in [-0.25, -0.2) is 5.84 Å². The number of rotatable bonds is 9. The molecule has 3 N–H and O–H groups in total. The number of hydrazine groups is 1. The summed E-state index contributed by atoms with van der Waals surface area (Å²) in [5.41, 5.74) is 2.56. The molecule has 112 valence electrons. The molecule has 6 heteroatoms. The van der Waals surface area contributed by atoms with Crippen molar-refractivity contribution in [2.75, 3.05) is 26.4 Å². The summed E-state index contributed by atoms with van der Waals surface area (Å²) in [7, 11) is 0. The van der Waals surface area contributed by atoms with E-state index in [1.807, 2.05) is 13.8 Å². The molecule has 0 spiro atoms. The van der Waals surface area contributed by atoms with E-state index in [9.17, 15) is 4.79 Å². The van der Waals surface area contributed by atoms with Crippen molar-refractivity contribution in [3.05, 3.63) is 29.8 Å². The second kappa shape index (κ2) is 9.30. The fourth-order valence-corrected chi connectivity index (χ4v) is 1.45. The van der Waals surface area contributed by atoms with Crippen molar-refractivity contribution < 1.29 is 19.0 Å². The Hall–Kier alpha value is -1.63. The average Bonchev–Trinajstić information content (AvgIpc) is 2.45. The Morgan fingerprint density at radius 1 is 1.15 bits per heavy atom. The first-order valence-corrected chi connectivity index (χ1v) is 6.56. The lowest BCUT2D eigenvalue weighted by Gasteiger charge is -2.09. The topological polar surface area (TPSA) is 82.8 Å². The standard InChI is InChI=1S/C14H22N2O4/c1-11(2)19-9-7-18-8-10-20-13-5-3-12(4-6-13)14(17)16-15/h3-6,11H,7-10,15H2,1-2H3,(H,16,17). The van der Waals surface area contributed by atoms with Gasteiger partial charge in [-0.15, -0.1) is 0 Å². The van der Waals surface area contributed by atoms with E-state index in [0.717, 1.165) is 0 Å². The lowest BCUT2D eigenvalue weighted by molar-refractivity contribution is 0.0124. The lowest BCUT2D eigenvalue weighted by atomic mass is 10.2. The van der Waals surface area contributed by atoms with E-state index in [0.29, 0.717) is 37.7 Å². The molecule has 0 heterocycles. The van der Waals surface area contributed by atoms with Gasteiger partial charge in [0.1, 0.15) is 12.4 Å². The predicted molar refractivity (Wildman–Crippen MR) is 75.5 cm³/mol. The van der Waals surface area contributed by atoms with E-state index >= 15 is 0 Å². The number of amides is 1. The number of ether oxygens (including phenoxy) is 3. The van der Waals surface area contributed by atoms with Gasteiger partial charge in [-0.05, 0) is 38.1 Å². The van der Waals surface area contributed by atoms with Gasteiger partial charge in [-0.3, -0.25) is 10.2 Å². The smallest absolute Gasteiger partial charge is 0.265 e. The Bertz CT molecular complexity index is 393. The van der Waals surface area contributed by atoms with Crippen LogP contribution < -0.4 is 16.0 Å². The maximum Gasteiger partial charge on any atom is 0.265 e. The van der Waals surface area contributed by atoms with E-state index in [-0.39, 0.29) is 12.0 Å². The fraction of sp³-hybridized carbons (Fsp3) is 0.500. The largest absolute Gasteiger partial charge is 0.491 e. The lowest BCUT2D eigenvalue weighted by Crippen LogP contribution is -2.29. The summed E-state index contributed by atoms with van der Waals surface area (Å²) in [6.07, 6.45) is 0.221. The van der Waals surface area contributed by atoms with Crippen LogP contribution in [0.3, 0.4) is 0 Å². The zero-order valence-electron chi connectivity index (χ0n) is 11.9. The third-order valence-corrected chi connectivity index (χ3v) is 2.42. The van der Waals surface area contributed by atoms with Crippen LogP contribution in [0.4, 0.5) is 0 Å². The molecular formula is C14H22N2O4. The van der Waals surface area contributed by atoms with Crippen molar-refractivity contribution in [3.63, 3.8) is 0 Å². The summed E-state index contributed by atoms with van der Waals surface area (Å²) in [5.74, 6) is 5.39. The van der Waals surface area contributed by atoms with Gasteiger partial charge in [0.05, 0.1) is 25.9 Å². The van der Waals surface area contributed by atoms with E-state index in [1.54, 1.807) is 24.3 Å². The van der Waals surface area contributed by atoms with Crippen LogP contribution in [0.1, 0.15) is 24.2 Å². The molecule has 0 atom stereocenters. The van der Waals surface area contributed by atoms with Crippen LogP contribution in [0.25, 0.3) is 0 Å². The average molecular weight is 282 g/mol. The molecule has 1 amide bonds. The predicted octanol–water partition coefficient (Wildman–Crippen LogP) is 1.11. The Balaban J connectivity index is 2.14. The molecule has 20 heavy (non-hydrogen) atoms. The van der Waals surface area contributed by atoms with Crippen molar-refractivity contribution in [2.45, 2.75) is 20.0 Å². The van der Waals surface area contributed by atoms with Gasteiger partial charge in [-0.2, -0.15) is 0 Å². The van der Waals surface area contributed by atoms with E-state index in [1.165, 1.54) is 0 Å². The van der Waals surface area contributed by atoms with Crippen LogP contribution in [0, 0.1) is 0 Å². The summed E-state index contributed by atoms with van der Waals surface area (Å²) in [4.78, 5) is 11.2. The van der Waals surface area contributed by atoms with Gasteiger partial charge in [-0.1, -0.05) is 0 Å². The Labute approximate surface area is 119 Å². The van der Waals surface area contributed by atoms with Gasteiger partial charge in [0.25, 0.3) is 5.91 Å². The van der Waals surface area contributed by atoms with E-state index in [2.05, 4.69) is 5.43 Å². The number of nitrogens with one attached hydrogen (secondary N) is 1. The number of hydrogen-bond donors (Lipinski definition) is 2. The van der Waals surface area contributed by atoms with Gasteiger partial charge >= 0.3 is 0 Å². The van der Waals surface area contributed by atoms with Crippen LogP contribution in [0.5, 0.6) is 5.75 Å². The third kappa shape index (κ3) is 6.51. The summed E-state index contributed by atoms with van der Waals surface area (Å²) in [6, 6.07) is 6.72. The Morgan fingerprint density at radius 2 is 1.80 bits per heavy atom. The molecule has 0 fully saturated rings. The highest BCUT2D eigenvalue weighted by Crippen LogP contribution is 2.11. The number of hydrogen-bond acceptors (Lipinski definition) is 5. The van der Waals surface area contributed by atoms with Crippen molar-refractivity contribution >= 4 is 5.91 Å². The Kier molecular flexibility index (Phi) is 7.64. The van der Waals surface area contributed by atoms with Crippen LogP contribution in [0.2, 0.25) is 0 Å². The number of benzene rings is 1. The van der Waals surface area contributed by atoms with Crippen LogP contribution in [0.15, 0.2) is 24.3 Å². The molecule has 0 aromatic heterocycles. The van der Waals surface area contributed by atoms with Gasteiger partial charge < -0.3 is 14.2 Å². The molecule has 0 aliphatic rings. The molecule has 1 aromatic carbocycles. The van der Waals surface area contributed by atoms with Crippen LogP contribution in [-0.2, 0) is 9.47 Å². The van der Waals surface area contributed by atoms with Crippen LogP contribution in [-0.4, -0.2) is 38.4 Å². The minimum absolute atomic E-state index is 0.221. The van der Waals surface area contributed by atoms with Gasteiger partial charge in [0, 0.05) is 5.56 Å².